The summed E-state index contributed by atoms with van der Waals surface area (Å²) in [6, 6.07) is 5.95. The Morgan fingerprint density at radius 1 is 1.29 bits per heavy atom. The van der Waals surface area contributed by atoms with Crippen molar-refractivity contribution < 1.29 is 13.9 Å². The van der Waals surface area contributed by atoms with Gasteiger partial charge in [0.15, 0.2) is 0 Å². The summed E-state index contributed by atoms with van der Waals surface area (Å²) in [4.78, 5) is 13.5. The molecule has 1 fully saturated rings. The van der Waals surface area contributed by atoms with Crippen LogP contribution in [0, 0.1) is 5.82 Å². The standard InChI is InChI=1S/C12H15FN2O2/c13-10-1-3-11(4-2-10)14-9-12(16)15-5-7-17-8-6-15/h1-4,14H,5-9H2. The van der Waals surface area contributed by atoms with Crippen LogP contribution in [0.15, 0.2) is 24.3 Å². The van der Waals surface area contributed by atoms with Crippen LogP contribution in [0.4, 0.5) is 10.1 Å². The number of hydrogen-bond acceptors (Lipinski definition) is 3. The van der Waals surface area contributed by atoms with Crippen LogP contribution in [-0.4, -0.2) is 43.7 Å². The molecule has 0 unspecified atom stereocenters. The molecule has 17 heavy (non-hydrogen) atoms. The molecular formula is C12H15FN2O2. The summed E-state index contributed by atoms with van der Waals surface area (Å²) in [6.07, 6.45) is 0. The number of rotatable bonds is 3. The lowest BCUT2D eigenvalue weighted by Gasteiger charge is -2.27. The summed E-state index contributed by atoms with van der Waals surface area (Å²) >= 11 is 0. The van der Waals surface area contributed by atoms with Gasteiger partial charge in [-0.3, -0.25) is 4.79 Å². The van der Waals surface area contributed by atoms with Crippen molar-refractivity contribution >= 4 is 11.6 Å². The molecule has 0 aliphatic carbocycles. The number of nitrogens with one attached hydrogen (secondary N) is 1. The second-order valence-corrected chi connectivity index (χ2v) is 3.85. The molecule has 1 N–H and O–H groups in total. The summed E-state index contributed by atoms with van der Waals surface area (Å²) in [5.74, 6) is -0.243. The van der Waals surface area contributed by atoms with E-state index in [9.17, 15) is 9.18 Å². The first-order valence-electron chi connectivity index (χ1n) is 5.60. The highest BCUT2D eigenvalue weighted by Gasteiger charge is 2.15. The minimum atomic E-state index is -0.282. The Bertz CT molecular complexity index is 375. The lowest BCUT2D eigenvalue weighted by atomic mass is 10.3. The van der Waals surface area contributed by atoms with Crippen molar-refractivity contribution in [2.24, 2.45) is 0 Å². The minimum absolute atomic E-state index is 0.0395. The highest BCUT2D eigenvalue weighted by Crippen LogP contribution is 2.08. The van der Waals surface area contributed by atoms with E-state index >= 15 is 0 Å². The first kappa shape index (κ1) is 11.9. The predicted octanol–water partition coefficient (Wildman–Crippen LogP) is 1.10. The molecule has 1 heterocycles. The molecule has 5 heteroatoms. The van der Waals surface area contributed by atoms with E-state index in [0.29, 0.717) is 26.3 Å². The summed E-state index contributed by atoms with van der Waals surface area (Å²) in [6.45, 7) is 2.71. The molecule has 1 aliphatic rings. The fraction of sp³-hybridized carbons (Fsp3) is 0.417. The summed E-state index contributed by atoms with van der Waals surface area (Å²) < 4.78 is 17.8. The maximum Gasteiger partial charge on any atom is 0.242 e. The fourth-order valence-electron chi connectivity index (χ4n) is 1.67. The molecule has 1 aromatic rings. The Morgan fingerprint density at radius 3 is 2.59 bits per heavy atom. The topological polar surface area (TPSA) is 41.6 Å². The van der Waals surface area contributed by atoms with Gasteiger partial charge in [-0.25, -0.2) is 4.39 Å². The first-order chi connectivity index (χ1) is 8.25. The number of ether oxygens (including phenoxy) is 1. The molecule has 1 aliphatic heterocycles. The molecule has 92 valence electrons. The van der Waals surface area contributed by atoms with Crippen LogP contribution in [0.5, 0.6) is 0 Å². The molecule has 1 amide bonds. The summed E-state index contributed by atoms with van der Waals surface area (Å²) in [5.41, 5.74) is 0.744. The Morgan fingerprint density at radius 2 is 1.94 bits per heavy atom. The number of amides is 1. The van der Waals surface area contributed by atoms with Crippen molar-refractivity contribution in [3.05, 3.63) is 30.1 Å². The minimum Gasteiger partial charge on any atom is -0.378 e. The van der Waals surface area contributed by atoms with Crippen molar-refractivity contribution in [2.75, 3.05) is 38.2 Å². The Hall–Kier alpha value is -1.62. The van der Waals surface area contributed by atoms with Crippen LogP contribution in [0.25, 0.3) is 0 Å². The maximum atomic E-state index is 12.7. The van der Waals surface area contributed by atoms with Gasteiger partial charge in [0, 0.05) is 18.8 Å². The quantitative estimate of drug-likeness (QED) is 0.857. The average Bonchev–Trinajstić information content (AvgIpc) is 2.39. The van der Waals surface area contributed by atoms with Gasteiger partial charge in [-0.2, -0.15) is 0 Å². The number of morpholine rings is 1. The van der Waals surface area contributed by atoms with E-state index in [1.54, 1.807) is 17.0 Å². The van der Waals surface area contributed by atoms with Crippen molar-refractivity contribution in [3.8, 4) is 0 Å². The third-order valence-electron chi connectivity index (χ3n) is 2.65. The van der Waals surface area contributed by atoms with E-state index in [4.69, 9.17) is 4.74 Å². The van der Waals surface area contributed by atoms with Crippen LogP contribution in [-0.2, 0) is 9.53 Å². The van der Waals surface area contributed by atoms with Crippen LogP contribution < -0.4 is 5.32 Å². The molecule has 1 aromatic carbocycles. The van der Waals surface area contributed by atoms with Gasteiger partial charge >= 0.3 is 0 Å². The number of carbonyl (C=O) groups is 1. The second-order valence-electron chi connectivity index (χ2n) is 3.85. The zero-order valence-corrected chi connectivity index (χ0v) is 9.49. The van der Waals surface area contributed by atoms with Gasteiger partial charge in [0.05, 0.1) is 19.8 Å². The summed E-state index contributed by atoms with van der Waals surface area (Å²) in [7, 11) is 0. The van der Waals surface area contributed by atoms with E-state index < -0.39 is 0 Å². The predicted molar refractivity (Wildman–Crippen MR) is 62.3 cm³/mol. The number of hydrogen-bond donors (Lipinski definition) is 1. The van der Waals surface area contributed by atoms with Gasteiger partial charge in [0.2, 0.25) is 5.91 Å². The monoisotopic (exact) mass is 238 g/mol. The molecular weight excluding hydrogens is 223 g/mol. The molecule has 0 radical (unpaired) electrons. The third-order valence-corrected chi connectivity index (χ3v) is 2.65. The Kier molecular flexibility index (Phi) is 3.93. The van der Waals surface area contributed by atoms with E-state index in [2.05, 4.69) is 5.32 Å². The lowest BCUT2D eigenvalue weighted by molar-refractivity contribution is -0.133. The van der Waals surface area contributed by atoms with Gasteiger partial charge in [-0.1, -0.05) is 0 Å². The Balaban J connectivity index is 1.81. The molecule has 0 aromatic heterocycles. The van der Waals surface area contributed by atoms with E-state index in [-0.39, 0.29) is 18.3 Å². The van der Waals surface area contributed by atoms with Crippen LogP contribution in [0.3, 0.4) is 0 Å². The Labute approximate surface area is 99.4 Å². The maximum absolute atomic E-state index is 12.7. The molecule has 1 saturated heterocycles. The highest BCUT2D eigenvalue weighted by atomic mass is 19.1. The zero-order chi connectivity index (χ0) is 12.1. The highest BCUT2D eigenvalue weighted by molar-refractivity contribution is 5.80. The molecule has 2 rings (SSSR count). The van der Waals surface area contributed by atoms with Crippen molar-refractivity contribution in [3.63, 3.8) is 0 Å². The largest absolute Gasteiger partial charge is 0.378 e. The number of benzene rings is 1. The average molecular weight is 238 g/mol. The fourth-order valence-corrected chi connectivity index (χ4v) is 1.67. The van der Waals surface area contributed by atoms with Crippen LogP contribution >= 0.6 is 0 Å². The van der Waals surface area contributed by atoms with Crippen molar-refractivity contribution in [2.45, 2.75) is 0 Å². The number of halogens is 1. The number of carbonyl (C=O) groups excluding carboxylic acids is 1. The smallest absolute Gasteiger partial charge is 0.242 e. The van der Waals surface area contributed by atoms with E-state index in [1.807, 2.05) is 0 Å². The molecule has 0 spiro atoms. The van der Waals surface area contributed by atoms with Gasteiger partial charge in [-0.05, 0) is 24.3 Å². The van der Waals surface area contributed by atoms with Gasteiger partial charge in [-0.15, -0.1) is 0 Å². The second kappa shape index (κ2) is 5.63. The van der Waals surface area contributed by atoms with Crippen LogP contribution in [0.2, 0.25) is 0 Å². The number of nitrogens with zero attached hydrogens (tertiary/aromatic N) is 1. The molecule has 4 nitrogen and oxygen atoms in total. The van der Waals surface area contributed by atoms with Gasteiger partial charge in [0.25, 0.3) is 0 Å². The number of anilines is 1. The van der Waals surface area contributed by atoms with Gasteiger partial charge < -0.3 is 15.0 Å². The normalized spacial score (nSPS) is 15.7. The van der Waals surface area contributed by atoms with Crippen molar-refractivity contribution in [1.82, 2.24) is 4.90 Å². The third kappa shape index (κ3) is 3.42. The molecule has 0 saturated carbocycles. The van der Waals surface area contributed by atoms with Crippen LogP contribution in [0.1, 0.15) is 0 Å². The molecule has 0 bridgehead atoms. The van der Waals surface area contributed by atoms with E-state index in [1.165, 1.54) is 12.1 Å². The van der Waals surface area contributed by atoms with E-state index in [0.717, 1.165) is 5.69 Å². The molecule has 0 atom stereocenters. The van der Waals surface area contributed by atoms with Gasteiger partial charge in [0.1, 0.15) is 5.82 Å². The lowest BCUT2D eigenvalue weighted by Crippen LogP contribution is -2.43. The first-order valence-corrected chi connectivity index (χ1v) is 5.60. The SMILES string of the molecule is O=C(CNc1ccc(F)cc1)N1CCOCC1. The van der Waals surface area contributed by atoms with Crippen molar-refractivity contribution in [1.29, 1.82) is 0 Å². The zero-order valence-electron chi connectivity index (χ0n) is 9.49. The summed E-state index contributed by atoms with van der Waals surface area (Å²) in [5, 5.41) is 2.97.